The van der Waals surface area contributed by atoms with Crippen LogP contribution in [-0.2, 0) is 13.0 Å². The Morgan fingerprint density at radius 1 is 1.16 bits per heavy atom. The predicted octanol–water partition coefficient (Wildman–Crippen LogP) is 4.30. The third-order valence-electron chi connectivity index (χ3n) is 5.97. The minimum Gasteiger partial charge on any atom is -0.378 e. The molecule has 190 valence electrons. The summed E-state index contributed by atoms with van der Waals surface area (Å²) in [5, 5.41) is 20.6. The largest absolute Gasteiger partial charge is 0.378 e. The van der Waals surface area contributed by atoms with E-state index in [2.05, 4.69) is 42.1 Å². The van der Waals surface area contributed by atoms with Gasteiger partial charge in [-0.25, -0.2) is 10.1 Å². The number of halogens is 3. The van der Waals surface area contributed by atoms with Crippen LogP contribution in [0.25, 0.3) is 5.82 Å². The Morgan fingerprint density at radius 2 is 1.97 bits per heavy atom. The molecule has 0 saturated carbocycles. The molecule has 2 aromatic heterocycles. The Morgan fingerprint density at radius 3 is 2.76 bits per heavy atom. The number of amides is 1. The molecule has 0 unspecified atom stereocenters. The molecule has 1 aliphatic rings. The highest BCUT2D eigenvalue weighted by Gasteiger charge is 2.27. The molecule has 37 heavy (non-hydrogen) atoms. The molecule has 14 heteroatoms. The number of carbonyl (C=O) groups is 1. The smallest absolute Gasteiger partial charge is 0.293 e. The van der Waals surface area contributed by atoms with Gasteiger partial charge in [0.15, 0.2) is 5.69 Å². The fourth-order valence-electron chi connectivity index (χ4n) is 4.14. The molecular formula is C23H20Cl3N9O2. The van der Waals surface area contributed by atoms with Crippen LogP contribution in [0.3, 0.4) is 0 Å². The number of hydrogen-bond donors (Lipinski definition) is 2. The standard InChI is InChI=1S/C23H20Cl3N9O2/c1-12(14-8-9-15(24)19(26)18(14)25)28-30-23(36)20-17(35(33-29-20)22-21(27)31-37-32-22)11-34-10-4-6-13-5-2-3-7-16(13)34/h2-3,5,7-9H,4,6,10-11H2,1H3,(H2,27,31)(H,30,36)/b28-12-. The Labute approximate surface area is 226 Å². The summed E-state index contributed by atoms with van der Waals surface area (Å²) >= 11 is 18.4. The molecule has 11 nitrogen and oxygen atoms in total. The second-order valence-electron chi connectivity index (χ2n) is 8.28. The molecule has 0 aliphatic carbocycles. The number of hydrogen-bond acceptors (Lipinski definition) is 9. The Kier molecular flexibility index (Phi) is 7.00. The van der Waals surface area contributed by atoms with Crippen molar-refractivity contribution in [3.8, 4) is 5.82 Å². The van der Waals surface area contributed by atoms with Crippen LogP contribution in [0.2, 0.25) is 15.1 Å². The molecule has 0 spiro atoms. The van der Waals surface area contributed by atoms with Gasteiger partial charge in [-0.3, -0.25) is 4.79 Å². The summed E-state index contributed by atoms with van der Waals surface area (Å²) in [4.78, 5) is 15.4. The van der Waals surface area contributed by atoms with Gasteiger partial charge in [-0.15, -0.1) is 5.10 Å². The van der Waals surface area contributed by atoms with Crippen molar-refractivity contribution in [2.75, 3.05) is 17.2 Å². The molecule has 0 atom stereocenters. The highest BCUT2D eigenvalue weighted by atomic mass is 35.5. The van der Waals surface area contributed by atoms with Crippen LogP contribution < -0.4 is 16.1 Å². The Hall–Kier alpha value is -3.67. The van der Waals surface area contributed by atoms with E-state index in [4.69, 9.17) is 45.2 Å². The molecule has 1 amide bonds. The highest BCUT2D eigenvalue weighted by Crippen LogP contribution is 2.33. The molecule has 1 aliphatic heterocycles. The maximum atomic E-state index is 13.2. The van der Waals surface area contributed by atoms with Crippen molar-refractivity contribution in [3.63, 3.8) is 0 Å². The van der Waals surface area contributed by atoms with Crippen molar-refractivity contribution >= 4 is 57.9 Å². The average Bonchev–Trinajstić information content (AvgIpc) is 3.51. The van der Waals surface area contributed by atoms with Gasteiger partial charge in [0.05, 0.1) is 33.0 Å². The first-order valence-electron chi connectivity index (χ1n) is 11.2. The first-order chi connectivity index (χ1) is 17.8. The molecular weight excluding hydrogens is 541 g/mol. The number of fused-ring (bicyclic) bond motifs is 1. The van der Waals surface area contributed by atoms with Crippen molar-refractivity contribution in [3.05, 3.63) is 74.0 Å². The number of nitrogens with zero attached hydrogens (tertiary/aromatic N) is 7. The van der Waals surface area contributed by atoms with E-state index < -0.39 is 5.91 Å². The van der Waals surface area contributed by atoms with Gasteiger partial charge in [-0.05, 0) is 47.8 Å². The maximum Gasteiger partial charge on any atom is 0.293 e. The Balaban J connectivity index is 1.48. The number of rotatable bonds is 6. The second-order valence-corrected chi connectivity index (χ2v) is 9.45. The second kappa shape index (κ2) is 10.4. The summed E-state index contributed by atoms with van der Waals surface area (Å²) in [6.07, 6.45) is 1.94. The van der Waals surface area contributed by atoms with E-state index in [0.717, 1.165) is 25.1 Å². The topological polar surface area (TPSA) is 140 Å². The summed E-state index contributed by atoms with van der Waals surface area (Å²) in [6.45, 7) is 2.76. The summed E-state index contributed by atoms with van der Waals surface area (Å²) in [5.41, 5.74) is 12.1. The van der Waals surface area contributed by atoms with E-state index in [1.54, 1.807) is 19.1 Å². The quantitative estimate of drug-likeness (QED) is 0.202. The minimum absolute atomic E-state index is 0.0141. The molecule has 0 radical (unpaired) electrons. The number of hydrazone groups is 1. The minimum atomic E-state index is -0.586. The van der Waals surface area contributed by atoms with Gasteiger partial charge in [-0.1, -0.05) is 64.3 Å². The van der Waals surface area contributed by atoms with Crippen molar-refractivity contribution in [2.24, 2.45) is 5.10 Å². The van der Waals surface area contributed by atoms with E-state index in [-0.39, 0.29) is 27.4 Å². The van der Waals surface area contributed by atoms with Gasteiger partial charge < -0.3 is 10.6 Å². The lowest BCUT2D eigenvalue weighted by Gasteiger charge is -2.31. The zero-order valence-electron chi connectivity index (χ0n) is 19.5. The van der Waals surface area contributed by atoms with Crippen molar-refractivity contribution in [1.29, 1.82) is 0 Å². The molecule has 4 aromatic rings. The number of nitrogens with two attached hydrogens (primary N) is 1. The summed E-state index contributed by atoms with van der Waals surface area (Å²) in [6, 6.07) is 11.4. The lowest BCUT2D eigenvalue weighted by Crippen LogP contribution is -2.31. The van der Waals surface area contributed by atoms with Gasteiger partial charge >= 0.3 is 0 Å². The van der Waals surface area contributed by atoms with Crippen molar-refractivity contribution in [2.45, 2.75) is 26.3 Å². The number of aromatic nitrogens is 5. The van der Waals surface area contributed by atoms with Crippen LogP contribution >= 0.6 is 34.8 Å². The zero-order valence-corrected chi connectivity index (χ0v) is 21.7. The number of carbonyl (C=O) groups excluding carboxylic acids is 1. The van der Waals surface area contributed by atoms with Crippen LogP contribution in [0.15, 0.2) is 46.1 Å². The van der Waals surface area contributed by atoms with Gasteiger partial charge in [-0.2, -0.15) is 9.78 Å². The van der Waals surface area contributed by atoms with E-state index in [1.165, 1.54) is 10.2 Å². The first-order valence-corrected chi connectivity index (χ1v) is 12.3. The van der Waals surface area contributed by atoms with E-state index in [0.29, 0.717) is 28.5 Å². The number of nitrogens with one attached hydrogen (secondary N) is 1. The third-order valence-corrected chi connectivity index (χ3v) is 7.27. The zero-order chi connectivity index (χ0) is 26.1. The van der Waals surface area contributed by atoms with Gasteiger partial charge in [0, 0.05) is 17.8 Å². The van der Waals surface area contributed by atoms with E-state index in [1.807, 2.05) is 18.2 Å². The monoisotopic (exact) mass is 559 g/mol. The van der Waals surface area contributed by atoms with Crippen molar-refractivity contribution in [1.82, 2.24) is 30.7 Å². The molecule has 0 fully saturated rings. The highest BCUT2D eigenvalue weighted by molar-refractivity contribution is 6.49. The first kappa shape index (κ1) is 25.0. The van der Waals surface area contributed by atoms with Gasteiger partial charge in [0.2, 0.25) is 11.6 Å². The predicted molar refractivity (Wildman–Crippen MR) is 141 cm³/mol. The lowest BCUT2D eigenvalue weighted by atomic mass is 10.0. The SMILES string of the molecule is C/C(=N/NC(=O)c1nnn(-c2nonc2N)c1CN1CCCc2ccccc21)c1ccc(Cl)c(Cl)c1Cl. The van der Waals surface area contributed by atoms with Crippen LogP contribution in [-0.4, -0.2) is 43.5 Å². The normalized spacial score (nSPS) is 13.5. The van der Waals surface area contributed by atoms with E-state index >= 15 is 0 Å². The third kappa shape index (κ3) is 4.85. The number of anilines is 2. The summed E-state index contributed by atoms with van der Waals surface area (Å²) in [7, 11) is 0. The molecule has 0 bridgehead atoms. The molecule has 3 N–H and O–H groups in total. The van der Waals surface area contributed by atoms with Crippen LogP contribution in [0.4, 0.5) is 11.5 Å². The maximum absolute atomic E-state index is 13.2. The number of nitrogen functional groups attached to an aromatic ring is 1. The van der Waals surface area contributed by atoms with Gasteiger partial charge in [0.25, 0.3) is 5.91 Å². The lowest BCUT2D eigenvalue weighted by molar-refractivity contribution is 0.0948. The molecule has 2 aromatic carbocycles. The molecule has 5 rings (SSSR count). The summed E-state index contributed by atoms with van der Waals surface area (Å²) < 4.78 is 6.10. The van der Waals surface area contributed by atoms with Crippen LogP contribution in [0.1, 0.15) is 40.7 Å². The average molecular weight is 561 g/mol. The summed E-state index contributed by atoms with van der Waals surface area (Å²) in [5.74, 6) is -0.438. The van der Waals surface area contributed by atoms with Crippen LogP contribution in [0.5, 0.6) is 0 Å². The Bertz CT molecular complexity index is 1520. The number of para-hydroxylation sites is 1. The number of aryl methyl sites for hydroxylation is 1. The van der Waals surface area contributed by atoms with Crippen LogP contribution in [0, 0.1) is 0 Å². The van der Waals surface area contributed by atoms with Gasteiger partial charge in [0.1, 0.15) is 0 Å². The van der Waals surface area contributed by atoms with E-state index in [9.17, 15) is 4.79 Å². The molecule has 3 heterocycles. The fourth-order valence-corrected chi connectivity index (χ4v) is 4.81. The van der Waals surface area contributed by atoms with Crippen molar-refractivity contribution < 1.29 is 9.42 Å². The number of benzene rings is 2. The fraction of sp³-hybridized carbons (Fsp3) is 0.217. The molecule has 0 saturated heterocycles.